The molecule has 0 saturated carbocycles. The Morgan fingerprint density at radius 3 is 1.87 bits per heavy atom. The largest absolute Gasteiger partial charge is 0.508 e. The first-order valence-electron chi connectivity index (χ1n) is 17.6. The minimum absolute atomic E-state index is 0.0521. The van der Waals surface area contributed by atoms with Gasteiger partial charge in [-0.1, -0.05) is 29.8 Å². The number of rotatable bonds is 10. The lowest BCUT2D eigenvalue weighted by atomic mass is 9.96. The standard InChI is InChI=1S/C19H19ClN2O2S2.C14H17ClN2OS.C6H6OS/c20-18-4-3-16(26-18)2-1-15-11-17(13-5-8-24-9-6-13)21-22(15)19(23)14-7-10-25-12-14;15-14-4-3-12(19-14)2-1-11-9-13(17-16-11)10-5-7-18-8-6-10;1-5(7)6-2-3-8-4-6/h3-4,7,10-13H,1-2,5-6,8-9H2;3-4,9-10H,1-2,5-8H2,(H,16,17);2-4,7H,1H2. The number of ether oxygens (including phenoxy) is 2. The first-order chi connectivity index (χ1) is 25.8. The van der Waals surface area contributed by atoms with E-state index in [1.54, 1.807) is 38.7 Å². The summed E-state index contributed by atoms with van der Waals surface area (Å²) < 4.78 is 14.1. The van der Waals surface area contributed by atoms with Crippen molar-refractivity contribution in [2.45, 2.75) is 63.2 Å². The van der Waals surface area contributed by atoms with Crippen molar-refractivity contribution in [2.24, 2.45) is 0 Å². The fraction of sp³-hybridized carbons (Fsp3) is 0.359. The zero-order valence-corrected chi connectivity index (χ0v) is 34.0. The third-order valence-corrected chi connectivity index (χ3v) is 13.0. The molecule has 2 aliphatic heterocycles. The molecule has 2 N–H and O–H groups in total. The molecule has 8 nitrogen and oxygen atoms in total. The Hall–Kier alpha value is -3.07. The zero-order chi connectivity index (χ0) is 37.0. The van der Waals surface area contributed by atoms with Crippen LogP contribution in [0.25, 0.3) is 5.76 Å². The highest BCUT2D eigenvalue weighted by Crippen LogP contribution is 2.29. The highest BCUT2D eigenvalue weighted by Gasteiger charge is 2.23. The highest BCUT2D eigenvalue weighted by molar-refractivity contribution is 7.16. The van der Waals surface area contributed by atoms with Gasteiger partial charge < -0.3 is 14.6 Å². The number of carbonyl (C=O) groups excluding carboxylic acids is 1. The van der Waals surface area contributed by atoms with Crippen LogP contribution < -0.4 is 0 Å². The van der Waals surface area contributed by atoms with E-state index in [1.165, 1.54) is 32.5 Å². The number of aliphatic hydroxyl groups excluding tert-OH is 1. The maximum atomic E-state index is 12.9. The van der Waals surface area contributed by atoms with Crippen LogP contribution in [0.4, 0.5) is 0 Å². The van der Waals surface area contributed by atoms with E-state index in [4.69, 9.17) is 42.9 Å². The fourth-order valence-electron chi connectivity index (χ4n) is 6.12. The second-order valence-corrected chi connectivity index (χ2v) is 17.9. The van der Waals surface area contributed by atoms with Crippen molar-refractivity contribution in [2.75, 3.05) is 26.4 Å². The monoisotopic (exact) mass is 828 g/mol. The van der Waals surface area contributed by atoms with Crippen molar-refractivity contribution in [3.8, 4) is 0 Å². The van der Waals surface area contributed by atoms with Crippen LogP contribution >= 0.6 is 68.5 Å². The molecule has 53 heavy (non-hydrogen) atoms. The smallest absolute Gasteiger partial charge is 0.279 e. The average Bonchev–Trinajstić information content (AvgIpc) is 4.03. The number of aromatic nitrogens is 4. The predicted molar refractivity (Wildman–Crippen MR) is 220 cm³/mol. The number of nitrogens with one attached hydrogen (secondary N) is 1. The Balaban J connectivity index is 0.000000155. The molecule has 0 atom stereocenters. The number of H-pyrrole nitrogens is 1. The van der Waals surface area contributed by atoms with Gasteiger partial charge in [0, 0.05) is 75.7 Å². The maximum absolute atomic E-state index is 12.9. The molecule has 2 saturated heterocycles. The summed E-state index contributed by atoms with van der Waals surface area (Å²) in [6.07, 6.45) is 7.74. The van der Waals surface area contributed by atoms with Crippen molar-refractivity contribution in [3.05, 3.63) is 129 Å². The molecule has 0 aliphatic carbocycles. The molecule has 0 bridgehead atoms. The topological polar surface area (TPSA) is 102 Å². The Morgan fingerprint density at radius 1 is 0.792 bits per heavy atom. The van der Waals surface area contributed by atoms with Gasteiger partial charge in [0.25, 0.3) is 5.91 Å². The lowest BCUT2D eigenvalue weighted by Gasteiger charge is -2.19. The van der Waals surface area contributed by atoms with Gasteiger partial charge in [-0.05, 0) is 111 Å². The van der Waals surface area contributed by atoms with Crippen LogP contribution in [0.5, 0.6) is 0 Å². The minimum atomic E-state index is -0.0521. The maximum Gasteiger partial charge on any atom is 0.279 e. The summed E-state index contributed by atoms with van der Waals surface area (Å²) in [4.78, 5) is 15.5. The number of aryl methyl sites for hydroxylation is 4. The van der Waals surface area contributed by atoms with Crippen molar-refractivity contribution in [1.29, 1.82) is 0 Å². The summed E-state index contributed by atoms with van der Waals surface area (Å²) in [6, 6.07) is 16.0. The van der Waals surface area contributed by atoms with E-state index in [0.717, 1.165) is 103 Å². The van der Waals surface area contributed by atoms with Gasteiger partial charge in [0.15, 0.2) is 0 Å². The van der Waals surface area contributed by atoms with E-state index in [-0.39, 0.29) is 11.7 Å². The number of nitrogens with zero attached hydrogens (tertiary/aromatic N) is 3. The lowest BCUT2D eigenvalue weighted by Crippen LogP contribution is -2.18. The van der Waals surface area contributed by atoms with Gasteiger partial charge in [-0.2, -0.15) is 32.9 Å². The van der Waals surface area contributed by atoms with Gasteiger partial charge in [-0.3, -0.25) is 9.89 Å². The van der Waals surface area contributed by atoms with Crippen molar-refractivity contribution in [1.82, 2.24) is 20.0 Å². The van der Waals surface area contributed by atoms with E-state index in [1.807, 2.05) is 51.9 Å². The molecule has 0 radical (unpaired) electrons. The molecule has 6 aromatic heterocycles. The summed E-state index contributed by atoms with van der Waals surface area (Å²) in [7, 11) is 0. The van der Waals surface area contributed by atoms with Gasteiger partial charge in [-0.15, -0.1) is 22.7 Å². The molecule has 280 valence electrons. The Labute approximate surface area is 336 Å². The summed E-state index contributed by atoms with van der Waals surface area (Å²) >= 11 is 18.3. The number of aromatic amines is 1. The van der Waals surface area contributed by atoms with E-state index in [0.29, 0.717) is 17.4 Å². The van der Waals surface area contributed by atoms with E-state index < -0.39 is 0 Å². The van der Waals surface area contributed by atoms with Crippen LogP contribution in [0.3, 0.4) is 0 Å². The molecular formula is C39H42Cl2N4O4S4. The number of carbonyl (C=O) groups is 1. The first kappa shape index (κ1) is 39.6. The van der Waals surface area contributed by atoms with Crippen LogP contribution in [0.15, 0.2) is 76.6 Å². The van der Waals surface area contributed by atoms with E-state index in [2.05, 4.69) is 35.0 Å². The third kappa shape index (κ3) is 11.7. The summed E-state index contributed by atoms with van der Waals surface area (Å²) in [5.41, 5.74) is 5.89. The normalized spacial score (nSPS) is 15.0. The van der Waals surface area contributed by atoms with Gasteiger partial charge in [-0.25, -0.2) is 4.68 Å². The minimum Gasteiger partial charge on any atom is -0.508 e. The van der Waals surface area contributed by atoms with Crippen LogP contribution in [-0.4, -0.2) is 57.4 Å². The lowest BCUT2D eigenvalue weighted by molar-refractivity contribution is 0.0840. The molecule has 0 unspecified atom stereocenters. The highest BCUT2D eigenvalue weighted by atomic mass is 35.5. The number of aliphatic hydroxyl groups is 1. The molecule has 8 heterocycles. The van der Waals surface area contributed by atoms with E-state index >= 15 is 0 Å². The second-order valence-electron chi connectivity index (χ2n) is 12.8. The Morgan fingerprint density at radius 2 is 1.36 bits per heavy atom. The first-order valence-corrected chi connectivity index (χ1v) is 21.8. The van der Waals surface area contributed by atoms with Crippen LogP contribution in [0.1, 0.15) is 86.0 Å². The van der Waals surface area contributed by atoms with Crippen molar-refractivity contribution < 1.29 is 19.4 Å². The number of thiophene rings is 4. The van der Waals surface area contributed by atoms with Gasteiger partial charge in [0.1, 0.15) is 5.76 Å². The zero-order valence-electron chi connectivity index (χ0n) is 29.2. The van der Waals surface area contributed by atoms with Crippen LogP contribution in [-0.2, 0) is 35.2 Å². The summed E-state index contributed by atoms with van der Waals surface area (Å²) in [6.45, 7) is 6.61. The second kappa shape index (κ2) is 20.0. The Bertz CT molecular complexity index is 2000. The summed E-state index contributed by atoms with van der Waals surface area (Å²) in [5.74, 6) is 1.03. The molecule has 0 aromatic carbocycles. The van der Waals surface area contributed by atoms with Crippen molar-refractivity contribution in [3.63, 3.8) is 0 Å². The number of hydrogen-bond donors (Lipinski definition) is 2. The molecule has 0 amide bonds. The average molecular weight is 830 g/mol. The van der Waals surface area contributed by atoms with E-state index in [9.17, 15) is 4.79 Å². The van der Waals surface area contributed by atoms with Crippen LogP contribution in [0.2, 0.25) is 8.67 Å². The predicted octanol–water partition coefficient (Wildman–Crippen LogP) is 11.1. The summed E-state index contributed by atoms with van der Waals surface area (Å²) in [5, 5.41) is 28.6. The molecule has 2 fully saturated rings. The third-order valence-electron chi connectivity index (χ3n) is 9.07. The van der Waals surface area contributed by atoms with Crippen molar-refractivity contribution >= 4 is 80.2 Å². The molecule has 8 rings (SSSR count). The van der Waals surface area contributed by atoms with Crippen LogP contribution in [0, 0.1) is 0 Å². The fourth-order valence-corrected chi connectivity index (χ4v) is 9.58. The Kier molecular flexibility index (Phi) is 15.0. The molecule has 0 spiro atoms. The quantitative estimate of drug-likeness (QED) is 0.133. The molecule has 14 heteroatoms. The number of halogens is 2. The SMILES string of the molecule is C=C(O)c1ccsc1.Clc1ccc(CCc2cc(C3CCOCC3)n[nH]2)s1.O=C(c1ccsc1)n1nc(C2CCOCC2)cc1CCc1ccc(Cl)s1. The molecule has 2 aliphatic rings. The van der Waals surface area contributed by atoms with Gasteiger partial charge in [0.2, 0.25) is 0 Å². The molecule has 6 aromatic rings. The molecular weight excluding hydrogens is 788 g/mol. The van der Waals surface area contributed by atoms with Gasteiger partial charge in [0.05, 0.1) is 25.6 Å². The van der Waals surface area contributed by atoms with Gasteiger partial charge >= 0.3 is 0 Å². The number of hydrogen-bond acceptors (Lipinski definition) is 10.